The molecule has 30 heavy (non-hydrogen) atoms. The van der Waals surface area contributed by atoms with Crippen molar-refractivity contribution in [3.05, 3.63) is 35.9 Å². The number of nitrogens with zero attached hydrogens (tertiary/aromatic N) is 1. The van der Waals surface area contributed by atoms with Gasteiger partial charge in [-0.2, -0.15) is 0 Å². The fourth-order valence-electron chi connectivity index (χ4n) is 4.05. The second-order valence-electron chi connectivity index (χ2n) is 7.75. The van der Waals surface area contributed by atoms with Crippen LogP contribution in [0.4, 0.5) is 0 Å². The summed E-state index contributed by atoms with van der Waals surface area (Å²) >= 11 is 3.67. The Kier molecular flexibility index (Phi) is 8.07. The number of nitrogens with one attached hydrogen (secondary N) is 1. The second-order valence-corrected chi connectivity index (χ2v) is 10.6. The molecular formula is C21H28N2O5S2. The van der Waals surface area contributed by atoms with Gasteiger partial charge in [0, 0.05) is 24.0 Å². The lowest BCUT2D eigenvalue weighted by Crippen LogP contribution is -2.53. The molecule has 3 rings (SSSR count). The van der Waals surface area contributed by atoms with E-state index in [4.69, 9.17) is 0 Å². The number of carboxylic acids is 2. The summed E-state index contributed by atoms with van der Waals surface area (Å²) < 4.78 is 0.325. The molecule has 1 amide bonds. The van der Waals surface area contributed by atoms with E-state index in [1.807, 2.05) is 53.9 Å². The number of amides is 1. The quantitative estimate of drug-likeness (QED) is 0.523. The van der Waals surface area contributed by atoms with E-state index >= 15 is 0 Å². The molecule has 0 unspecified atom stereocenters. The van der Waals surface area contributed by atoms with Gasteiger partial charge in [0.05, 0.1) is 10.6 Å². The first-order valence-corrected chi connectivity index (χ1v) is 12.3. The van der Waals surface area contributed by atoms with Crippen molar-refractivity contribution in [1.82, 2.24) is 10.2 Å². The van der Waals surface area contributed by atoms with Gasteiger partial charge in [0.15, 0.2) is 0 Å². The summed E-state index contributed by atoms with van der Waals surface area (Å²) in [6.45, 7) is 2.03. The summed E-state index contributed by atoms with van der Waals surface area (Å²) in [6.07, 6.45) is 1.37. The van der Waals surface area contributed by atoms with Gasteiger partial charge >= 0.3 is 11.9 Å². The van der Waals surface area contributed by atoms with Gasteiger partial charge in [0.2, 0.25) is 5.91 Å². The van der Waals surface area contributed by atoms with Crippen molar-refractivity contribution < 1.29 is 24.6 Å². The topological polar surface area (TPSA) is 107 Å². The highest BCUT2D eigenvalue weighted by Crippen LogP contribution is 2.42. The molecule has 2 saturated heterocycles. The van der Waals surface area contributed by atoms with Crippen LogP contribution in [-0.4, -0.2) is 73.7 Å². The van der Waals surface area contributed by atoms with Crippen molar-refractivity contribution >= 4 is 41.4 Å². The van der Waals surface area contributed by atoms with E-state index in [9.17, 15) is 24.6 Å². The standard InChI is InChI=1S/C21H28N2O5S2/c1-13(22-16(19(25)26)8-7-14-5-3-2-4-6-14)18(24)23-12-15(11-17(23)20(27)28)21-29-9-10-30-21/h2-6,13,15-17,21-22H,7-12H2,1H3,(H,25,26)(H,27,28)/t13-,15-,16-,17+/m0/s1. The zero-order valence-corrected chi connectivity index (χ0v) is 18.5. The Morgan fingerprint density at radius 1 is 1.17 bits per heavy atom. The number of carbonyl (C=O) groups is 3. The van der Waals surface area contributed by atoms with Crippen LogP contribution in [0.1, 0.15) is 25.3 Å². The van der Waals surface area contributed by atoms with Crippen molar-refractivity contribution in [1.29, 1.82) is 0 Å². The fourth-order valence-corrected chi connectivity index (χ4v) is 7.18. The Balaban J connectivity index is 1.61. The summed E-state index contributed by atoms with van der Waals surface area (Å²) in [4.78, 5) is 38.0. The first kappa shape index (κ1) is 23.0. The van der Waals surface area contributed by atoms with Crippen LogP contribution in [0.25, 0.3) is 0 Å². The lowest BCUT2D eigenvalue weighted by Gasteiger charge is -2.27. The number of hydrogen-bond donors (Lipinski definition) is 3. The van der Waals surface area contributed by atoms with E-state index in [1.165, 1.54) is 4.90 Å². The van der Waals surface area contributed by atoms with Crippen molar-refractivity contribution in [2.45, 2.75) is 48.9 Å². The van der Waals surface area contributed by atoms with E-state index in [2.05, 4.69) is 5.32 Å². The molecule has 7 nitrogen and oxygen atoms in total. The highest BCUT2D eigenvalue weighted by Gasteiger charge is 2.44. The number of carboxylic acid groups (broad SMARTS) is 2. The van der Waals surface area contributed by atoms with E-state index in [1.54, 1.807) is 6.92 Å². The average Bonchev–Trinajstić information content (AvgIpc) is 3.40. The van der Waals surface area contributed by atoms with Crippen molar-refractivity contribution in [2.24, 2.45) is 5.92 Å². The van der Waals surface area contributed by atoms with Gasteiger partial charge in [-0.25, -0.2) is 4.79 Å². The molecule has 0 radical (unpaired) electrons. The summed E-state index contributed by atoms with van der Waals surface area (Å²) in [5.41, 5.74) is 1.03. The van der Waals surface area contributed by atoms with Gasteiger partial charge < -0.3 is 15.1 Å². The molecule has 1 aromatic rings. The molecule has 9 heteroatoms. The number of thioether (sulfide) groups is 2. The largest absolute Gasteiger partial charge is 0.480 e. The van der Waals surface area contributed by atoms with Crippen LogP contribution in [0, 0.1) is 5.92 Å². The SMILES string of the molecule is C[C@H](N[C@@H](CCc1ccccc1)C(=O)O)C(=O)N1C[C@@H](C2SCCS2)C[C@@H]1C(=O)O. The summed E-state index contributed by atoms with van der Waals surface area (Å²) in [5, 5.41) is 22.1. The predicted molar refractivity (Wildman–Crippen MR) is 119 cm³/mol. The molecule has 3 N–H and O–H groups in total. The zero-order valence-electron chi connectivity index (χ0n) is 16.9. The average molecular weight is 453 g/mol. The molecule has 2 heterocycles. The van der Waals surface area contributed by atoms with Crippen LogP contribution in [0.5, 0.6) is 0 Å². The van der Waals surface area contributed by atoms with Crippen molar-refractivity contribution in [3.63, 3.8) is 0 Å². The highest BCUT2D eigenvalue weighted by molar-refractivity contribution is 8.20. The van der Waals surface area contributed by atoms with Crippen molar-refractivity contribution in [2.75, 3.05) is 18.1 Å². The molecule has 2 aliphatic rings. The van der Waals surface area contributed by atoms with Crippen LogP contribution in [0.15, 0.2) is 30.3 Å². The first-order chi connectivity index (χ1) is 14.4. The van der Waals surface area contributed by atoms with Crippen molar-refractivity contribution in [3.8, 4) is 0 Å². The number of likely N-dealkylation sites (tertiary alicyclic amines) is 1. The number of aryl methyl sites for hydroxylation is 1. The molecule has 1 aromatic carbocycles. The van der Waals surface area contributed by atoms with Gasteiger partial charge in [-0.1, -0.05) is 30.3 Å². The van der Waals surface area contributed by atoms with Gasteiger partial charge in [0.25, 0.3) is 0 Å². The van der Waals surface area contributed by atoms with Gasteiger partial charge in [-0.3, -0.25) is 14.9 Å². The van der Waals surface area contributed by atoms with E-state index in [0.717, 1.165) is 17.1 Å². The van der Waals surface area contributed by atoms with Crippen LogP contribution in [0.3, 0.4) is 0 Å². The molecule has 0 aliphatic carbocycles. The lowest BCUT2D eigenvalue weighted by molar-refractivity contribution is -0.149. The Morgan fingerprint density at radius 2 is 1.83 bits per heavy atom. The molecule has 164 valence electrons. The van der Waals surface area contributed by atoms with Gasteiger partial charge in [-0.15, -0.1) is 23.5 Å². The maximum atomic E-state index is 13.0. The van der Waals surface area contributed by atoms with E-state index in [0.29, 0.717) is 30.4 Å². The first-order valence-electron chi connectivity index (χ1n) is 10.2. The predicted octanol–water partition coefficient (Wildman–Crippen LogP) is 2.16. The maximum absolute atomic E-state index is 13.0. The van der Waals surface area contributed by atoms with Crippen LogP contribution in [0.2, 0.25) is 0 Å². The monoisotopic (exact) mass is 452 g/mol. The minimum Gasteiger partial charge on any atom is -0.480 e. The minimum atomic E-state index is -1.02. The van der Waals surface area contributed by atoms with E-state index in [-0.39, 0.29) is 11.8 Å². The van der Waals surface area contributed by atoms with Crippen LogP contribution in [-0.2, 0) is 20.8 Å². The Morgan fingerprint density at radius 3 is 2.43 bits per heavy atom. The molecule has 0 bridgehead atoms. The molecule has 0 spiro atoms. The normalized spacial score (nSPS) is 24.0. The van der Waals surface area contributed by atoms with Gasteiger partial charge in [0.1, 0.15) is 12.1 Å². The third kappa shape index (κ3) is 5.70. The number of carbonyl (C=O) groups excluding carboxylic acids is 1. The smallest absolute Gasteiger partial charge is 0.326 e. The molecular weight excluding hydrogens is 424 g/mol. The molecule has 0 aromatic heterocycles. The van der Waals surface area contributed by atoms with Gasteiger partial charge in [-0.05, 0) is 31.7 Å². The van der Waals surface area contributed by atoms with Crippen LogP contribution >= 0.6 is 23.5 Å². The lowest BCUT2D eigenvalue weighted by atomic mass is 10.0. The Bertz CT molecular complexity index is 757. The highest BCUT2D eigenvalue weighted by atomic mass is 32.2. The second kappa shape index (κ2) is 10.5. The number of aliphatic carboxylic acids is 2. The molecule has 0 saturated carbocycles. The minimum absolute atomic E-state index is 0.146. The number of hydrogen-bond acceptors (Lipinski definition) is 6. The molecule has 2 fully saturated rings. The number of benzene rings is 1. The summed E-state index contributed by atoms with van der Waals surface area (Å²) in [7, 11) is 0. The molecule has 2 aliphatic heterocycles. The van der Waals surface area contributed by atoms with Crippen LogP contribution < -0.4 is 5.32 Å². The third-order valence-corrected chi connectivity index (χ3v) is 9.00. The summed E-state index contributed by atoms with van der Waals surface area (Å²) in [6, 6.07) is 7.09. The van der Waals surface area contributed by atoms with E-state index < -0.39 is 30.1 Å². The Labute approximate surface area is 185 Å². The maximum Gasteiger partial charge on any atom is 0.326 e. The molecule has 4 atom stereocenters. The number of rotatable bonds is 9. The fraction of sp³-hybridized carbons (Fsp3) is 0.571. The zero-order chi connectivity index (χ0) is 21.7. The third-order valence-electron chi connectivity index (χ3n) is 5.62. The Hall–Kier alpha value is -1.71. The summed E-state index contributed by atoms with van der Waals surface area (Å²) in [5.74, 6) is -0.103.